The van der Waals surface area contributed by atoms with Crippen molar-refractivity contribution in [2.45, 2.75) is 13.5 Å². The number of aromatic nitrogens is 1. The van der Waals surface area contributed by atoms with Gasteiger partial charge in [0.2, 0.25) is 0 Å². The highest BCUT2D eigenvalue weighted by atomic mass is 35.5. The lowest BCUT2D eigenvalue weighted by Gasteiger charge is -2.36. The molecule has 0 fully saturated rings. The summed E-state index contributed by atoms with van der Waals surface area (Å²) in [4.78, 5) is 21.5. The molecule has 1 aromatic heterocycles. The fourth-order valence-electron chi connectivity index (χ4n) is 3.37. The van der Waals surface area contributed by atoms with Crippen molar-refractivity contribution >= 4 is 34.8 Å². The van der Waals surface area contributed by atoms with E-state index < -0.39 is 0 Å². The Morgan fingerprint density at radius 2 is 1.93 bits per heavy atom. The summed E-state index contributed by atoms with van der Waals surface area (Å²) >= 11 is 6.08. The number of nitrogens with one attached hydrogen (secondary N) is 1. The summed E-state index contributed by atoms with van der Waals surface area (Å²) in [6, 6.07) is 19.4. The second-order valence-corrected chi connectivity index (χ2v) is 7.23. The number of carbonyl (C=O) groups excluding carboxylic acids is 1. The van der Waals surface area contributed by atoms with E-state index in [4.69, 9.17) is 11.6 Å². The summed E-state index contributed by atoms with van der Waals surface area (Å²) in [6.07, 6.45) is 1.76. The molecule has 0 bridgehead atoms. The first-order valence-corrected chi connectivity index (χ1v) is 9.58. The van der Waals surface area contributed by atoms with Gasteiger partial charge in [-0.1, -0.05) is 48.0 Å². The van der Waals surface area contributed by atoms with Crippen LogP contribution in [0.2, 0.25) is 5.02 Å². The Labute approximate surface area is 169 Å². The van der Waals surface area contributed by atoms with Crippen LogP contribution in [0.15, 0.2) is 66.9 Å². The van der Waals surface area contributed by atoms with Crippen LogP contribution in [0.4, 0.5) is 22.0 Å². The molecule has 2 aromatic carbocycles. The van der Waals surface area contributed by atoms with Gasteiger partial charge in [0.1, 0.15) is 0 Å². The third-order valence-corrected chi connectivity index (χ3v) is 5.09. The summed E-state index contributed by atoms with van der Waals surface area (Å²) in [6.45, 7) is 3.99. The van der Waals surface area contributed by atoms with E-state index in [1.807, 2.05) is 49.4 Å². The Kier molecular flexibility index (Phi) is 5.17. The number of urea groups is 1. The van der Waals surface area contributed by atoms with Crippen molar-refractivity contribution in [1.29, 1.82) is 0 Å². The second-order valence-electron chi connectivity index (χ2n) is 6.79. The average molecular weight is 393 g/mol. The van der Waals surface area contributed by atoms with E-state index in [-0.39, 0.29) is 6.03 Å². The van der Waals surface area contributed by atoms with Crippen LogP contribution < -0.4 is 15.1 Å². The van der Waals surface area contributed by atoms with Crippen molar-refractivity contribution in [1.82, 2.24) is 4.98 Å². The lowest BCUT2D eigenvalue weighted by atomic mass is 10.1. The second kappa shape index (κ2) is 7.90. The first-order chi connectivity index (χ1) is 13.6. The number of hydrogen-bond donors (Lipinski definition) is 1. The van der Waals surface area contributed by atoms with Crippen LogP contribution in [0.25, 0.3) is 0 Å². The van der Waals surface area contributed by atoms with Gasteiger partial charge in [-0.3, -0.25) is 4.90 Å². The number of halogens is 1. The van der Waals surface area contributed by atoms with Crippen LogP contribution in [0.5, 0.6) is 0 Å². The molecule has 3 aromatic rings. The third kappa shape index (κ3) is 3.80. The zero-order chi connectivity index (χ0) is 19.5. The number of carbonyl (C=O) groups is 1. The molecule has 0 atom stereocenters. The number of fused-ring (bicyclic) bond motifs is 1. The molecule has 2 heterocycles. The highest BCUT2D eigenvalue weighted by Crippen LogP contribution is 2.32. The smallest absolute Gasteiger partial charge is 0.326 e. The maximum absolute atomic E-state index is 13.0. The van der Waals surface area contributed by atoms with Crippen molar-refractivity contribution in [3.8, 4) is 0 Å². The van der Waals surface area contributed by atoms with Crippen molar-refractivity contribution in [2.24, 2.45) is 0 Å². The Bertz CT molecular complexity index is 993. The van der Waals surface area contributed by atoms with E-state index in [9.17, 15) is 4.79 Å². The standard InChI is InChI=1S/C22H21ClN4O/c1-16-9-10-18(23)14-19(16)25-22(28)27-13-12-26(15-17-6-3-2-4-7-17)21-20(27)8-5-11-24-21/h2-11,14H,12-13,15H2,1H3,(H,25,28). The SMILES string of the molecule is Cc1ccc(Cl)cc1NC(=O)N1CCN(Cc2ccccc2)c2ncccc21. The number of nitrogens with zero attached hydrogens (tertiary/aromatic N) is 3. The monoisotopic (exact) mass is 392 g/mol. The highest BCUT2D eigenvalue weighted by molar-refractivity contribution is 6.31. The van der Waals surface area contributed by atoms with Gasteiger partial charge in [0.25, 0.3) is 0 Å². The van der Waals surface area contributed by atoms with Gasteiger partial charge in [-0.15, -0.1) is 0 Å². The number of pyridine rings is 1. The quantitative estimate of drug-likeness (QED) is 0.674. The maximum atomic E-state index is 13.0. The molecule has 0 aliphatic carbocycles. The first kappa shape index (κ1) is 18.3. The van der Waals surface area contributed by atoms with Crippen LogP contribution in [-0.4, -0.2) is 24.1 Å². The van der Waals surface area contributed by atoms with E-state index in [0.717, 1.165) is 29.3 Å². The number of benzene rings is 2. The molecule has 4 rings (SSSR count). The number of amides is 2. The van der Waals surface area contributed by atoms with Crippen molar-refractivity contribution in [2.75, 3.05) is 28.2 Å². The van der Waals surface area contributed by atoms with Crippen molar-refractivity contribution in [3.63, 3.8) is 0 Å². The van der Waals surface area contributed by atoms with Gasteiger partial charge in [-0.2, -0.15) is 0 Å². The fraction of sp³-hybridized carbons (Fsp3) is 0.182. The van der Waals surface area contributed by atoms with E-state index in [1.165, 1.54) is 5.56 Å². The molecule has 0 saturated carbocycles. The lowest BCUT2D eigenvalue weighted by Crippen LogP contribution is -2.46. The van der Waals surface area contributed by atoms with Gasteiger partial charge < -0.3 is 10.2 Å². The van der Waals surface area contributed by atoms with E-state index >= 15 is 0 Å². The molecule has 28 heavy (non-hydrogen) atoms. The minimum atomic E-state index is -0.182. The Morgan fingerprint density at radius 1 is 1.11 bits per heavy atom. The van der Waals surface area contributed by atoms with E-state index in [1.54, 1.807) is 17.2 Å². The molecule has 6 heteroatoms. The average Bonchev–Trinajstić information content (AvgIpc) is 2.71. The largest absolute Gasteiger partial charge is 0.349 e. The number of hydrogen-bond acceptors (Lipinski definition) is 3. The molecule has 0 saturated heterocycles. The van der Waals surface area contributed by atoms with Gasteiger partial charge >= 0.3 is 6.03 Å². The topological polar surface area (TPSA) is 48.5 Å². The summed E-state index contributed by atoms with van der Waals surface area (Å²) in [5.74, 6) is 0.815. The zero-order valence-electron chi connectivity index (χ0n) is 15.6. The highest BCUT2D eigenvalue weighted by Gasteiger charge is 2.28. The van der Waals surface area contributed by atoms with Crippen LogP contribution in [0, 0.1) is 6.92 Å². The molecular formula is C22H21ClN4O. The minimum absolute atomic E-state index is 0.182. The minimum Gasteiger partial charge on any atom is -0.349 e. The lowest BCUT2D eigenvalue weighted by molar-refractivity contribution is 0.256. The maximum Gasteiger partial charge on any atom is 0.326 e. The van der Waals surface area contributed by atoms with E-state index in [0.29, 0.717) is 18.1 Å². The Morgan fingerprint density at radius 3 is 2.75 bits per heavy atom. The van der Waals surface area contributed by atoms with Gasteiger partial charge in [-0.05, 0) is 42.3 Å². The Hall–Kier alpha value is -3.05. The van der Waals surface area contributed by atoms with Crippen LogP contribution in [0.3, 0.4) is 0 Å². The van der Waals surface area contributed by atoms with Crippen LogP contribution >= 0.6 is 11.6 Å². The molecule has 0 radical (unpaired) electrons. The summed E-state index contributed by atoms with van der Waals surface area (Å²) in [5, 5.41) is 3.58. The molecule has 142 valence electrons. The first-order valence-electron chi connectivity index (χ1n) is 9.20. The molecule has 1 aliphatic rings. The predicted molar refractivity (Wildman–Crippen MR) is 114 cm³/mol. The molecule has 1 N–H and O–H groups in total. The van der Waals surface area contributed by atoms with Gasteiger partial charge in [-0.25, -0.2) is 9.78 Å². The zero-order valence-corrected chi connectivity index (χ0v) is 16.4. The molecular weight excluding hydrogens is 372 g/mol. The van der Waals surface area contributed by atoms with Crippen molar-refractivity contribution < 1.29 is 4.79 Å². The van der Waals surface area contributed by atoms with Crippen molar-refractivity contribution in [3.05, 3.63) is 83.0 Å². The fourth-order valence-corrected chi connectivity index (χ4v) is 3.54. The molecule has 1 aliphatic heterocycles. The van der Waals surface area contributed by atoms with E-state index in [2.05, 4.69) is 27.3 Å². The number of rotatable bonds is 3. The van der Waals surface area contributed by atoms with Crippen LogP contribution in [-0.2, 0) is 6.54 Å². The van der Waals surface area contributed by atoms with Crippen LogP contribution in [0.1, 0.15) is 11.1 Å². The molecule has 2 amide bonds. The number of anilines is 3. The normalized spacial score (nSPS) is 13.2. The summed E-state index contributed by atoms with van der Waals surface area (Å²) in [7, 11) is 0. The van der Waals surface area contributed by atoms with Gasteiger partial charge in [0.05, 0.1) is 5.69 Å². The van der Waals surface area contributed by atoms with Gasteiger partial charge in [0.15, 0.2) is 5.82 Å². The molecule has 0 unspecified atom stereocenters. The molecule has 5 nitrogen and oxygen atoms in total. The third-order valence-electron chi connectivity index (χ3n) is 4.85. The van der Waals surface area contributed by atoms with Gasteiger partial charge in [0, 0.05) is 36.5 Å². The summed E-state index contributed by atoms with van der Waals surface area (Å²) in [5.41, 5.74) is 3.70. The molecule has 0 spiro atoms. The number of aryl methyl sites for hydroxylation is 1. The Balaban J connectivity index is 1.57. The summed E-state index contributed by atoms with van der Waals surface area (Å²) < 4.78 is 0. The predicted octanol–water partition coefficient (Wildman–Crippen LogP) is 5.10.